The van der Waals surface area contributed by atoms with E-state index in [1.165, 1.54) is 32.6 Å². The minimum atomic E-state index is 0.656. The minimum Gasteiger partial charge on any atom is -0.309 e. The standard InChI is InChI=1S/C43H26N4/c44-27-28-22-24-38-35(26-28)32-18-11-21-40(42(32)45(38)29-12-3-1-4-13-29)47-37-20-10-8-17-34(37)41-39(47)25-23-33-31-16-7-9-19-36(31)46(43(33)41)30-14-5-2-6-15-30/h1-26H. The maximum Gasteiger partial charge on any atom is 0.0991 e. The largest absolute Gasteiger partial charge is 0.309 e. The van der Waals surface area contributed by atoms with Crippen LogP contribution in [0.25, 0.3) is 82.5 Å². The molecular weight excluding hydrogens is 573 g/mol. The van der Waals surface area contributed by atoms with Gasteiger partial charge in [0.05, 0.1) is 50.4 Å². The Kier molecular flexibility index (Phi) is 5.32. The molecule has 0 unspecified atom stereocenters. The number of rotatable bonds is 3. The molecule has 10 rings (SSSR count). The van der Waals surface area contributed by atoms with E-state index in [0.717, 1.165) is 49.9 Å². The average Bonchev–Trinajstić information content (AvgIpc) is 3.78. The Hall–Kier alpha value is -6.57. The molecule has 0 aliphatic carbocycles. The molecule has 0 saturated carbocycles. The molecule has 0 radical (unpaired) electrons. The Bertz CT molecular complexity index is 2900. The van der Waals surface area contributed by atoms with Gasteiger partial charge in [-0.3, -0.25) is 0 Å². The Morgan fingerprint density at radius 1 is 0.383 bits per heavy atom. The van der Waals surface area contributed by atoms with Gasteiger partial charge < -0.3 is 13.7 Å². The van der Waals surface area contributed by atoms with E-state index in [-0.39, 0.29) is 0 Å². The van der Waals surface area contributed by atoms with Gasteiger partial charge in [-0.15, -0.1) is 0 Å². The fourth-order valence-corrected chi connectivity index (χ4v) is 7.76. The first-order valence-electron chi connectivity index (χ1n) is 15.9. The molecule has 3 aromatic heterocycles. The van der Waals surface area contributed by atoms with Gasteiger partial charge in [0.25, 0.3) is 0 Å². The van der Waals surface area contributed by atoms with Crippen LogP contribution in [0.5, 0.6) is 0 Å². The summed E-state index contributed by atoms with van der Waals surface area (Å²) < 4.78 is 7.21. The molecule has 10 aromatic rings. The van der Waals surface area contributed by atoms with E-state index >= 15 is 0 Å². The number of nitriles is 1. The molecule has 0 aliphatic rings. The zero-order chi connectivity index (χ0) is 31.1. The highest BCUT2D eigenvalue weighted by Gasteiger charge is 2.23. The fourth-order valence-electron chi connectivity index (χ4n) is 7.76. The lowest BCUT2D eigenvalue weighted by Crippen LogP contribution is -2.00. The van der Waals surface area contributed by atoms with E-state index in [9.17, 15) is 5.26 Å². The topological polar surface area (TPSA) is 38.6 Å². The van der Waals surface area contributed by atoms with Crippen LogP contribution in [0.3, 0.4) is 0 Å². The van der Waals surface area contributed by atoms with Gasteiger partial charge >= 0.3 is 0 Å². The summed E-state index contributed by atoms with van der Waals surface area (Å²) in [5.41, 5.74) is 10.8. The van der Waals surface area contributed by atoms with Gasteiger partial charge in [0.2, 0.25) is 0 Å². The van der Waals surface area contributed by atoms with Crippen LogP contribution in [0.4, 0.5) is 0 Å². The molecule has 0 atom stereocenters. The first-order chi connectivity index (χ1) is 23.3. The molecule has 4 nitrogen and oxygen atoms in total. The molecule has 0 amide bonds. The molecule has 7 aromatic carbocycles. The monoisotopic (exact) mass is 598 g/mol. The van der Waals surface area contributed by atoms with Crippen molar-refractivity contribution in [3.63, 3.8) is 0 Å². The Labute approximate surface area is 270 Å². The van der Waals surface area contributed by atoms with Gasteiger partial charge in [-0.25, -0.2) is 0 Å². The molecule has 0 saturated heterocycles. The summed E-state index contributed by atoms with van der Waals surface area (Å²) in [6.45, 7) is 0. The van der Waals surface area contributed by atoms with Crippen molar-refractivity contribution in [2.24, 2.45) is 0 Å². The van der Waals surface area contributed by atoms with Gasteiger partial charge in [-0.05, 0) is 66.7 Å². The third-order valence-corrected chi connectivity index (χ3v) is 9.63. The maximum atomic E-state index is 9.82. The lowest BCUT2D eigenvalue weighted by atomic mass is 10.1. The number of nitrogens with zero attached hydrogens (tertiary/aromatic N) is 4. The molecule has 0 bridgehead atoms. The summed E-state index contributed by atoms with van der Waals surface area (Å²) in [5.74, 6) is 0. The van der Waals surface area contributed by atoms with E-state index in [1.54, 1.807) is 0 Å². The third-order valence-electron chi connectivity index (χ3n) is 9.63. The number of hydrogen-bond donors (Lipinski definition) is 0. The Morgan fingerprint density at radius 2 is 0.936 bits per heavy atom. The van der Waals surface area contributed by atoms with Crippen LogP contribution in [0, 0.1) is 11.3 Å². The second-order valence-corrected chi connectivity index (χ2v) is 12.1. The van der Waals surface area contributed by atoms with Gasteiger partial charge in [-0.2, -0.15) is 5.26 Å². The summed E-state index contributed by atoms with van der Waals surface area (Å²) in [6.07, 6.45) is 0. The molecular formula is C43H26N4. The van der Waals surface area contributed by atoms with Crippen LogP contribution in [-0.2, 0) is 0 Å². The van der Waals surface area contributed by atoms with E-state index in [4.69, 9.17) is 0 Å². The van der Waals surface area contributed by atoms with Crippen molar-refractivity contribution < 1.29 is 0 Å². The van der Waals surface area contributed by atoms with Crippen molar-refractivity contribution in [1.29, 1.82) is 5.26 Å². The van der Waals surface area contributed by atoms with E-state index in [0.29, 0.717) is 5.56 Å². The lowest BCUT2D eigenvalue weighted by Gasteiger charge is -2.14. The van der Waals surface area contributed by atoms with Crippen molar-refractivity contribution in [3.8, 4) is 23.1 Å². The zero-order valence-corrected chi connectivity index (χ0v) is 25.3. The molecule has 0 N–H and O–H groups in total. The summed E-state index contributed by atoms with van der Waals surface area (Å²) in [7, 11) is 0. The van der Waals surface area contributed by atoms with Crippen LogP contribution in [0.15, 0.2) is 158 Å². The number of para-hydroxylation sites is 5. The van der Waals surface area contributed by atoms with Crippen molar-refractivity contribution in [3.05, 3.63) is 163 Å². The van der Waals surface area contributed by atoms with Gasteiger partial charge in [-0.1, -0.05) is 91.0 Å². The summed E-state index contributed by atoms with van der Waals surface area (Å²) in [5, 5.41) is 16.9. The van der Waals surface area contributed by atoms with Crippen LogP contribution in [0.2, 0.25) is 0 Å². The first-order valence-corrected chi connectivity index (χ1v) is 15.9. The Balaban J connectivity index is 1.42. The maximum absolute atomic E-state index is 9.82. The molecule has 218 valence electrons. The number of hydrogen-bond acceptors (Lipinski definition) is 1. The second-order valence-electron chi connectivity index (χ2n) is 12.1. The molecule has 0 fully saturated rings. The van der Waals surface area contributed by atoms with Crippen LogP contribution < -0.4 is 0 Å². The molecule has 3 heterocycles. The van der Waals surface area contributed by atoms with Crippen molar-refractivity contribution in [1.82, 2.24) is 13.7 Å². The SMILES string of the molecule is N#Cc1ccc2c(c1)c1cccc(-n3c4ccccc4c4c3ccc3c5ccccc5n(-c5ccccc5)c34)c1n2-c1ccccc1. The van der Waals surface area contributed by atoms with Crippen molar-refractivity contribution in [2.75, 3.05) is 0 Å². The fraction of sp³-hybridized carbons (Fsp3) is 0. The second kappa shape index (κ2) is 9.71. The van der Waals surface area contributed by atoms with Gasteiger partial charge in [0, 0.05) is 43.7 Å². The average molecular weight is 599 g/mol. The highest BCUT2D eigenvalue weighted by molar-refractivity contribution is 6.26. The minimum absolute atomic E-state index is 0.656. The molecule has 4 heteroatoms. The van der Waals surface area contributed by atoms with E-state index in [1.807, 2.05) is 12.1 Å². The third kappa shape index (κ3) is 3.51. The van der Waals surface area contributed by atoms with Crippen molar-refractivity contribution >= 4 is 65.4 Å². The quantitative estimate of drug-likeness (QED) is 0.199. The number of benzene rings is 7. The highest BCUT2D eigenvalue weighted by atomic mass is 15.1. The smallest absolute Gasteiger partial charge is 0.0991 e. The van der Waals surface area contributed by atoms with Gasteiger partial charge in [0.15, 0.2) is 0 Å². The van der Waals surface area contributed by atoms with Crippen molar-refractivity contribution in [2.45, 2.75) is 0 Å². The van der Waals surface area contributed by atoms with Crippen LogP contribution >= 0.6 is 0 Å². The lowest BCUT2D eigenvalue weighted by molar-refractivity contribution is 1.13. The summed E-state index contributed by atoms with van der Waals surface area (Å²) in [6, 6.07) is 58.2. The first kappa shape index (κ1) is 25.7. The van der Waals surface area contributed by atoms with E-state index in [2.05, 4.69) is 165 Å². The molecule has 0 spiro atoms. The number of fused-ring (bicyclic) bond motifs is 10. The van der Waals surface area contributed by atoms with Gasteiger partial charge in [0.1, 0.15) is 0 Å². The Morgan fingerprint density at radius 3 is 1.66 bits per heavy atom. The predicted molar refractivity (Wildman–Crippen MR) is 194 cm³/mol. The zero-order valence-electron chi connectivity index (χ0n) is 25.3. The molecule has 47 heavy (non-hydrogen) atoms. The van der Waals surface area contributed by atoms with E-state index < -0.39 is 0 Å². The number of aromatic nitrogens is 3. The predicted octanol–water partition coefficient (Wildman–Crippen LogP) is 10.8. The normalized spacial score (nSPS) is 11.8. The molecule has 0 aliphatic heterocycles. The summed E-state index contributed by atoms with van der Waals surface area (Å²) in [4.78, 5) is 0. The summed E-state index contributed by atoms with van der Waals surface area (Å²) >= 11 is 0. The van der Waals surface area contributed by atoms with Crippen LogP contribution in [-0.4, -0.2) is 13.7 Å². The van der Waals surface area contributed by atoms with Crippen LogP contribution in [0.1, 0.15) is 5.56 Å². The highest BCUT2D eigenvalue weighted by Crippen LogP contribution is 2.44.